The minimum atomic E-state index is -1.82. The number of aryl methyl sites for hydroxylation is 1. The normalized spacial score (nSPS) is 12.5. The molecule has 0 atom stereocenters. The number of benzene rings is 2. The molecule has 156 valence electrons. The van der Waals surface area contributed by atoms with Gasteiger partial charge in [-0.2, -0.15) is 0 Å². The summed E-state index contributed by atoms with van der Waals surface area (Å²) in [5.74, 6) is 0.000440. The van der Waals surface area contributed by atoms with Crippen LogP contribution in [0.4, 0.5) is 4.39 Å². The monoisotopic (exact) mass is 413 g/mol. The summed E-state index contributed by atoms with van der Waals surface area (Å²) in [5.41, 5.74) is 3.04. The molecule has 3 nitrogen and oxygen atoms in total. The summed E-state index contributed by atoms with van der Waals surface area (Å²) in [7, 11) is 0.170. The highest BCUT2D eigenvalue weighted by atomic mass is 28.4. The first-order chi connectivity index (χ1) is 13.6. The molecule has 3 rings (SSSR count). The molecule has 0 saturated heterocycles. The van der Waals surface area contributed by atoms with Crippen molar-refractivity contribution in [3.8, 4) is 5.75 Å². The highest BCUT2D eigenvalue weighted by Gasteiger charge is 2.36. The third kappa shape index (κ3) is 4.73. The van der Waals surface area contributed by atoms with Crippen molar-refractivity contribution in [1.82, 2.24) is 4.57 Å². The molecule has 0 unspecified atom stereocenters. The summed E-state index contributed by atoms with van der Waals surface area (Å²) in [6, 6.07) is 13.1. The number of aromatic nitrogens is 1. The lowest BCUT2D eigenvalue weighted by Crippen LogP contribution is -2.41. The van der Waals surface area contributed by atoms with Gasteiger partial charge in [0, 0.05) is 25.2 Å². The summed E-state index contributed by atoms with van der Waals surface area (Å²) in [6.07, 6.45) is 2.80. The van der Waals surface area contributed by atoms with Gasteiger partial charge in [-0.15, -0.1) is 0 Å². The van der Waals surface area contributed by atoms with Crippen LogP contribution in [-0.2, 0) is 24.5 Å². The third-order valence-corrected chi connectivity index (χ3v) is 10.5. The Kier molecular flexibility index (Phi) is 6.20. The summed E-state index contributed by atoms with van der Waals surface area (Å²) in [5, 5.41) is 1.02. The van der Waals surface area contributed by atoms with Gasteiger partial charge in [-0.1, -0.05) is 51.1 Å². The summed E-state index contributed by atoms with van der Waals surface area (Å²) < 4.78 is 29.1. The van der Waals surface area contributed by atoms with Crippen LogP contribution < -0.4 is 4.74 Å². The molecule has 0 aliphatic rings. The number of fused-ring (bicyclic) bond motifs is 1. The zero-order valence-electron chi connectivity index (χ0n) is 18.4. The van der Waals surface area contributed by atoms with Crippen molar-refractivity contribution in [1.29, 1.82) is 0 Å². The molecule has 1 aromatic heterocycles. The van der Waals surface area contributed by atoms with E-state index in [0.29, 0.717) is 19.0 Å². The van der Waals surface area contributed by atoms with Crippen LogP contribution in [0.3, 0.4) is 0 Å². The third-order valence-electron chi connectivity index (χ3n) is 6.00. The van der Waals surface area contributed by atoms with E-state index >= 15 is 0 Å². The second-order valence-corrected chi connectivity index (χ2v) is 14.0. The number of halogens is 1. The Morgan fingerprint density at radius 2 is 1.72 bits per heavy atom. The van der Waals surface area contributed by atoms with Gasteiger partial charge in [-0.25, -0.2) is 4.39 Å². The lowest BCUT2D eigenvalue weighted by atomic mass is 10.1. The molecule has 3 aromatic rings. The molecular formula is C24H32FNO2Si. The maximum Gasteiger partial charge on any atom is 0.191 e. The predicted molar refractivity (Wildman–Crippen MR) is 121 cm³/mol. The summed E-state index contributed by atoms with van der Waals surface area (Å²) >= 11 is 0. The molecule has 0 aliphatic carbocycles. The van der Waals surface area contributed by atoms with Crippen LogP contribution in [0.2, 0.25) is 18.1 Å². The first-order valence-corrected chi connectivity index (χ1v) is 13.1. The van der Waals surface area contributed by atoms with Crippen LogP contribution >= 0.6 is 0 Å². The van der Waals surface area contributed by atoms with Crippen molar-refractivity contribution in [3.63, 3.8) is 0 Å². The Balaban J connectivity index is 1.85. The fourth-order valence-corrected chi connectivity index (χ4v) is 4.26. The van der Waals surface area contributed by atoms with Crippen LogP contribution in [0.15, 0.2) is 48.7 Å². The molecule has 5 heteroatoms. The number of nitrogens with zero attached hydrogens (tertiary/aromatic N) is 1. The van der Waals surface area contributed by atoms with E-state index in [1.807, 2.05) is 48.0 Å². The highest BCUT2D eigenvalue weighted by Crippen LogP contribution is 2.37. The van der Waals surface area contributed by atoms with Gasteiger partial charge in [0.25, 0.3) is 0 Å². The van der Waals surface area contributed by atoms with E-state index in [2.05, 4.69) is 40.1 Å². The van der Waals surface area contributed by atoms with E-state index in [9.17, 15) is 4.39 Å². The first kappa shape index (κ1) is 21.6. The van der Waals surface area contributed by atoms with Crippen molar-refractivity contribution in [2.75, 3.05) is 6.61 Å². The van der Waals surface area contributed by atoms with Gasteiger partial charge in [-0.05, 0) is 47.8 Å². The molecule has 29 heavy (non-hydrogen) atoms. The zero-order valence-corrected chi connectivity index (χ0v) is 19.4. The van der Waals surface area contributed by atoms with Crippen LogP contribution in [0.5, 0.6) is 5.75 Å². The summed E-state index contributed by atoms with van der Waals surface area (Å²) in [6.45, 7) is 12.2. The highest BCUT2D eigenvalue weighted by molar-refractivity contribution is 6.74. The van der Waals surface area contributed by atoms with Gasteiger partial charge >= 0.3 is 0 Å². The molecule has 0 aliphatic heterocycles. The molecule has 0 bridgehead atoms. The molecule has 0 saturated carbocycles. The SMILES string of the molecule is Cn1cc(CCO[Si](C)(C)C(C)(C)C)c2c(OCc3ccccc3)c(F)ccc21. The average Bonchev–Trinajstić information content (AvgIpc) is 2.96. The van der Waals surface area contributed by atoms with Crippen LogP contribution in [0.1, 0.15) is 31.9 Å². The Morgan fingerprint density at radius 1 is 1.03 bits per heavy atom. The second kappa shape index (κ2) is 8.32. The standard InChI is InChI=1S/C24H32FNO2Si/c1-24(2,3)29(5,6)28-15-14-19-16-26(4)21-13-12-20(25)23(22(19)21)27-17-18-10-8-7-9-11-18/h7-13,16H,14-15,17H2,1-6H3. The molecule has 0 spiro atoms. The van der Waals surface area contributed by atoms with Gasteiger partial charge in [0.05, 0.1) is 5.52 Å². The van der Waals surface area contributed by atoms with Crippen molar-refractivity contribution in [2.45, 2.75) is 51.9 Å². The van der Waals surface area contributed by atoms with Crippen molar-refractivity contribution in [3.05, 3.63) is 65.6 Å². The smallest absolute Gasteiger partial charge is 0.191 e. The maximum absolute atomic E-state index is 14.7. The Labute approximate surface area is 174 Å². The molecule has 0 fully saturated rings. The van der Waals surface area contributed by atoms with E-state index in [0.717, 1.165) is 28.5 Å². The number of rotatable bonds is 7. The van der Waals surface area contributed by atoms with Crippen molar-refractivity contribution in [2.24, 2.45) is 7.05 Å². The molecule has 0 N–H and O–H groups in total. The predicted octanol–water partition coefficient (Wildman–Crippen LogP) is 6.46. The topological polar surface area (TPSA) is 23.4 Å². The first-order valence-electron chi connectivity index (χ1n) is 10.2. The fourth-order valence-electron chi connectivity index (χ4n) is 3.21. The number of ether oxygens (including phenoxy) is 1. The lowest BCUT2D eigenvalue weighted by molar-refractivity contribution is 0.289. The van der Waals surface area contributed by atoms with E-state index < -0.39 is 8.32 Å². The molecular weight excluding hydrogens is 381 g/mol. The average molecular weight is 414 g/mol. The summed E-state index contributed by atoms with van der Waals surface area (Å²) in [4.78, 5) is 0. The Bertz CT molecular complexity index is 974. The van der Waals surface area contributed by atoms with E-state index in [1.54, 1.807) is 0 Å². The number of hydrogen-bond acceptors (Lipinski definition) is 2. The van der Waals surface area contributed by atoms with Crippen molar-refractivity contribution >= 4 is 19.2 Å². The lowest BCUT2D eigenvalue weighted by Gasteiger charge is -2.36. The van der Waals surface area contributed by atoms with Gasteiger partial charge in [0.15, 0.2) is 19.9 Å². The van der Waals surface area contributed by atoms with Crippen molar-refractivity contribution < 1.29 is 13.6 Å². The van der Waals surface area contributed by atoms with E-state index in [-0.39, 0.29) is 10.9 Å². The second-order valence-electron chi connectivity index (χ2n) is 9.17. The van der Waals surface area contributed by atoms with Crippen LogP contribution in [0, 0.1) is 5.82 Å². The largest absolute Gasteiger partial charge is 0.485 e. The van der Waals surface area contributed by atoms with E-state index in [4.69, 9.17) is 9.16 Å². The fraction of sp³-hybridized carbons (Fsp3) is 0.417. The quantitative estimate of drug-likeness (QED) is 0.415. The molecule has 2 aromatic carbocycles. The Hall–Kier alpha value is -2.11. The van der Waals surface area contributed by atoms with Gasteiger partial charge < -0.3 is 13.7 Å². The van der Waals surface area contributed by atoms with E-state index in [1.165, 1.54) is 6.07 Å². The van der Waals surface area contributed by atoms with Gasteiger partial charge in [0.2, 0.25) is 0 Å². The minimum Gasteiger partial charge on any atom is -0.485 e. The van der Waals surface area contributed by atoms with Gasteiger partial charge in [0.1, 0.15) is 6.61 Å². The zero-order chi connectivity index (χ0) is 21.2. The molecule has 1 heterocycles. The van der Waals surface area contributed by atoms with Crippen LogP contribution in [0.25, 0.3) is 10.9 Å². The van der Waals surface area contributed by atoms with Crippen LogP contribution in [-0.4, -0.2) is 19.5 Å². The minimum absolute atomic E-state index is 0.168. The maximum atomic E-state index is 14.7. The Morgan fingerprint density at radius 3 is 2.38 bits per heavy atom. The van der Waals surface area contributed by atoms with Gasteiger partial charge in [-0.3, -0.25) is 0 Å². The molecule has 0 radical (unpaired) electrons. The molecule has 0 amide bonds. The number of hydrogen-bond donors (Lipinski definition) is 0.